The smallest absolute Gasteiger partial charge is 0.0357 e. The second kappa shape index (κ2) is 15.5. The van der Waals surface area contributed by atoms with E-state index in [1.165, 1.54) is 47.1 Å². The van der Waals surface area contributed by atoms with Gasteiger partial charge < -0.3 is 0 Å². The molecule has 0 fully saturated rings. The summed E-state index contributed by atoms with van der Waals surface area (Å²) in [4.78, 5) is 0. The number of rotatable bonds is 7. The zero-order valence-corrected chi connectivity index (χ0v) is 26.9. The largest absolute Gasteiger partial charge is 0.0985 e. The quantitative estimate of drug-likeness (QED) is 0.226. The zero-order valence-electron chi connectivity index (χ0n) is 26.9. The molecule has 0 nitrogen and oxygen atoms in total. The molecule has 0 radical (unpaired) electrons. The van der Waals surface area contributed by atoms with Gasteiger partial charge in [0.15, 0.2) is 0 Å². The molecule has 0 heterocycles. The summed E-state index contributed by atoms with van der Waals surface area (Å²) in [6.45, 7) is 22.3. The molecule has 0 aliphatic heterocycles. The van der Waals surface area contributed by atoms with E-state index < -0.39 is 0 Å². The first-order valence-corrected chi connectivity index (χ1v) is 14.9. The highest BCUT2D eigenvalue weighted by atomic mass is 14.3. The molecule has 2 rings (SSSR count). The van der Waals surface area contributed by atoms with E-state index in [4.69, 9.17) is 0 Å². The Hall–Kier alpha value is -3.22. The van der Waals surface area contributed by atoms with Crippen LogP contribution >= 0.6 is 0 Å². The maximum Gasteiger partial charge on any atom is 0.0357 e. The second-order valence-electron chi connectivity index (χ2n) is 12.8. The van der Waals surface area contributed by atoms with Gasteiger partial charge in [0, 0.05) is 18.3 Å². The topological polar surface area (TPSA) is 0 Å². The Balaban J connectivity index is 1.85. The van der Waals surface area contributed by atoms with E-state index in [1.54, 1.807) is 0 Å². The minimum absolute atomic E-state index is 0.157. The minimum Gasteiger partial charge on any atom is -0.0985 e. The molecule has 2 unspecified atom stereocenters. The van der Waals surface area contributed by atoms with E-state index in [9.17, 15) is 0 Å². The fraction of sp³-hybridized carbons (Fsp3) is 0.450. The molecule has 2 aliphatic carbocycles. The molecule has 0 aromatic rings. The molecular formula is C40H52. The van der Waals surface area contributed by atoms with Crippen LogP contribution in [0.5, 0.6) is 0 Å². The fourth-order valence-corrected chi connectivity index (χ4v) is 5.38. The number of allylic oxidation sites excluding steroid dienone is 18. The molecule has 2 atom stereocenters. The van der Waals surface area contributed by atoms with Crippen molar-refractivity contribution in [3.05, 3.63) is 106 Å². The fourth-order valence-electron chi connectivity index (χ4n) is 5.38. The molecular weight excluding hydrogens is 480 g/mol. The van der Waals surface area contributed by atoms with Crippen LogP contribution in [0.2, 0.25) is 0 Å². The van der Waals surface area contributed by atoms with Gasteiger partial charge >= 0.3 is 0 Å². The Kier molecular flexibility index (Phi) is 12.8. The predicted molar refractivity (Wildman–Crippen MR) is 179 cm³/mol. The molecule has 40 heavy (non-hydrogen) atoms. The summed E-state index contributed by atoms with van der Waals surface area (Å²) in [5, 5.41) is 0. The third kappa shape index (κ3) is 11.1. The van der Waals surface area contributed by atoms with Crippen molar-refractivity contribution in [2.45, 2.75) is 94.9 Å². The molecule has 0 aromatic carbocycles. The molecule has 0 N–H and O–H groups in total. The number of hydrogen-bond donors (Lipinski definition) is 0. The molecule has 0 bridgehead atoms. The molecule has 0 saturated carbocycles. The van der Waals surface area contributed by atoms with E-state index in [0.29, 0.717) is 5.92 Å². The van der Waals surface area contributed by atoms with Crippen LogP contribution in [0, 0.1) is 46.3 Å². The van der Waals surface area contributed by atoms with Crippen molar-refractivity contribution in [1.29, 1.82) is 0 Å². The lowest BCUT2D eigenvalue weighted by Gasteiger charge is -2.32. The average molecular weight is 533 g/mol. The molecule has 0 amide bonds. The Morgan fingerprint density at radius 1 is 1.07 bits per heavy atom. The van der Waals surface area contributed by atoms with Gasteiger partial charge in [-0.25, -0.2) is 0 Å². The molecule has 0 spiro atoms. The van der Waals surface area contributed by atoms with Gasteiger partial charge in [0.1, 0.15) is 0 Å². The van der Waals surface area contributed by atoms with Crippen LogP contribution in [0.25, 0.3) is 0 Å². The average Bonchev–Trinajstić information content (AvgIpc) is 2.85. The van der Waals surface area contributed by atoms with Crippen LogP contribution in [-0.4, -0.2) is 0 Å². The van der Waals surface area contributed by atoms with Crippen molar-refractivity contribution in [2.75, 3.05) is 0 Å². The Morgan fingerprint density at radius 3 is 2.52 bits per heavy atom. The van der Waals surface area contributed by atoms with E-state index in [1.807, 2.05) is 6.08 Å². The summed E-state index contributed by atoms with van der Waals surface area (Å²) in [5.41, 5.74) is 8.35. The normalized spacial score (nSPS) is 22.3. The molecule has 0 heteroatoms. The van der Waals surface area contributed by atoms with Crippen molar-refractivity contribution < 1.29 is 0 Å². The van der Waals surface area contributed by atoms with Crippen molar-refractivity contribution in [3.8, 4) is 23.7 Å². The highest BCUT2D eigenvalue weighted by molar-refractivity contribution is 5.39. The van der Waals surface area contributed by atoms with Gasteiger partial charge in [-0.3, -0.25) is 0 Å². The van der Waals surface area contributed by atoms with Crippen molar-refractivity contribution >= 4 is 0 Å². The maximum atomic E-state index is 3.33. The third-order valence-electron chi connectivity index (χ3n) is 7.95. The lowest BCUT2D eigenvalue weighted by molar-refractivity contribution is 0.377. The Labute approximate surface area is 247 Å². The minimum atomic E-state index is 0.157. The zero-order chi connectivity index (χ0) is 29.8. The van der Waals surface area contributed by atoms with Gasteiger partial charge in [-0.05, 0) is 94.4 Å². The van der Waals surface area contributed by atoms with E-state index >= 15 is 0 Å². The van der Waals surface area contributed by atoms with Gasteiger partial charge in [-0.15, -0.1) is 0 Å². The SMILES string of the molecule is CC1=CC=CC(C)(C)C1/C=C/C(C)=C\C=C\C(C)C#CC/C=C(\C)C#C/C=C(C)\C=C\C1=C(C)CCCC1(C)C. The second-order valence-corrected chi connectivity index (χ2v) is 12.8. The summed E-state index contributed by atoms with van der Waals surface area (Å²) in [6.07, 6.45) is 30.8. The molecule has 2 aliphatic rings. The lowest BCUT2D eigenvalue weighted by atomic mass is 9.72. The monoisotopic (exact) mass is 532 g/mol. The standard InChI is InChI=1S/C40H52/c1-31(19-13-21-33(3)25-27-37-35(5)23-15-29-39(37,7)8)17-11-12-18-32(2)20-14-22-34(4)26-28-38-36(6)24-16-30-40(38,9)10/h14,16-17,20-22,24-28,30,32,38H,11,15,23,29H2,1-10H3/b20-14+,27-25+,28-26+,31-17+,33-21-,34-22-. The van der Waals surface area contributed by atoms with Gasteiger partial charge in [-0.2, -0.15) is 0 Å². The van der Waals surface area contributed by atoms with Crippen LogP contribution in [0.3, 0.4) is 0 Å². The lowest BCUT2D eigenvalue weighted by Crippen LogP contribution is -2.23. The summed E-state index contributed by atoms with van der Waals surface area (Å²) in [7, 11) is 0. The van der Waals surface area contributed by atoms with E-state index in [-0.39, 0.29) is 16.7 Å². The Bertz CT molecular complexity index is 1290. The first kappa shape index (κ1) is 33.0. The molecule has 0 saturated heterocycles. The summed E-state index contributed by atoms with van der Waals surface area (Å²) < 4.78 is 0. The predicted octanol–water partition coefficient (Wildman–Crippen LogP) is 11.2. The van der Waals surface area contributed by atoms with Gasteiger partial charge in [0.2, 0.25) is 0 Å². The molecule has 0 aromatic heterocycles. The summed E-state index contributed by atoms with van der Waals surface area (Å²) in [6, 6.07) is 0. The van der Waals surface area contributed by atoms with Gasteiger partial charge in [-0.1, -0.05) is 135 Å². The van der Waals surface area contributed by atoms with Crippen LogP contribution in [-0.2, 0) is 0 Å². The van der Waals surface area contributed by atoms with Crippen molar-refractivity contribution in [1.82, 2.24) is 0 Å². The van der Waals surface area contributed by atoms with Crippen LogP contribution in [0.15, 0.2) is 106 Å². The maximum absolute atomic E-state index is 3.33. The summed E-state index contributed by atoms with van der Waals surface area (Å²) in [5.74, 6) is 13.7. The first-order chi connectivity index (χ1) is 18.8. The summed E-state index contributed by atoms with van der Waals surface area (Å²) >= 11 is 0. The highest BCUT2D eigenvalue weighted by Gasteiger charge is 2.28. The van der Waals surface area contributed by atoms with Crippen molar-refractivity contribution in [2.24, 2.45) is 22.7 Å². The Morgan fingerprint density at radius 2 is 1.82 bits per heavy atom. The van der Waals surface area contributed by atoms with Crippen LogP contribution in [0.1, 0.15) is 94.9 Å². The first-order valence-electron chi connectivity index (χ1n) is 14.9. The highest BCUT2D eigenvalue weighted by Crippen LogP contribution is 2.41. The van der Waals surface area contributed by atoms with Gasteiger partial charge in [0.05, 0.1) is 0 Å². The van der Waals surface area contributed by atoms with Crippen molar-refractivity contribution in [3.63, 3.8) is 0 Å². The number of hydrogen-bond acceptors (Lipinski definition) is 0. The van der Waals surface area contributed by atoms with Crippen LogP contribution in [0.4, 0.5) is 0 Å². The van der Waals surface area contributed by atoms with E-state index in [0.717, 1.165) is 12.0 Å². The van der Waals surface area contributed by atoms with Crippen LogP contribution < -0.4 is 0 Å². The van der Waals surface area contributed by atoms with Gasteiger partial charge in [0.25, 0.3) is 0 Å². The third-order valence-corrected chi connectivity index (χ3v) is 7.95. The van der Waals surface area contributed by atoms with E-state index in [2.05, 4.69) is 160 Å². The molecule has 212 valence electrons.